The molecule has 0 amide bonds. The number of hydrogen-bond donors (Lipinski definition) is 1. The summed E-state index contributed by atoms with van der Waals surface area (Å²) in [6.45, 7) is 0. The highest BCUT2D eigenvalue weighted by molar-refractivity contribution is 6.33. The fourth-order valence-electron chi connectivity index (χ4n) is 0.524. The molecule has 1 N–H and O–H groups in total. The summed E-state index contributed by atoms with van der Waals surface area (Å²) in [5.41, 5.74) is 0. The van der Waals surface area contributed by atoms with Crippen LogP contribution in [0.5, 0.6) is 0 Å². The monoisotopic (exact) mass is 156 g/mol. The van der Waals surface area contributed by atoms with Crippen molar-refractivity contribution < 1.29 is 19.7 Å². The molecule has 0 aromatic carbocycles. The van der Waals surface area contributed by atoms with E-state index in [0.717, 1.165) is 10.9 Å². The molecule has 0 saturated carbocycles. The minimum Gasteiger partial charge on any atom is -0.290 e. The molecule has 1 heterocycles. The van der Waals surface area contributed by atoms with Gasteiger partial charge in [0.15, 0.2) is 0 Å². The molecule has 1 rings (SSSR count). The first kappa shape index (κ1) is 7.42. The summed E-state index contributed by atoms with van der Waals surface area (Å²) >= 11 is 0. The smallest absolute Gasteiger partial charge is 0.290 e. The number of imidazole rings is 1. The first-order chi connectivity index (χ1) is 5.25. The quantitative estimate of drug-likeness (QED) is 0.312. The topological polar surface area (TPSA) is 81.4 Å². The van der Waals surface area contributed by atoms with Crippen molar-refractivity contribution in [3.05, 3.63) is 18.7 Å². The van der Waals surface area contributed by atoms with Gasteiger partial charge in [0.1, 0.15) is 6.33 Å². The van der Waals surface area contributed by atoms with Crippen LogP contribution < -0.4 is 0 Å². The Morgan fingerprint density at radius 3 is 2.73 bits per heavy atom. The van der Waals surface area contributed by atoms with Gasteiger partial charge in [-0.05, 0) is 0 Å². The highest BCUT2D eigenvalue weighted by atomic mass is 17.1. The molecule has 1 aromatic heterocycles. The minimum absolute atomic E-state index is 0.887. The van der Waals surface area contributed by atoms with Gasteiger partial charge in [0.05, 0.1) is 0 Å². The Labute approximate surface area is 61.0 Å². The first-order valence-electron chi connectivity index (χ1n) is 2.63. The predicted molar refractivity (Wildman–Crippen MR) is 31.6 cm³/mol. The average Bonchev–Trinajstić information content (AvgIpc) is 2.53. The second-order valence-electron chi connectivity index (χ2n) is 1.65. The van der Waals surface area contributed by atoms with Gasteiger partial charge in [0, 0.05) is 12.4 Å². The van der Waals surface area contributed by atoms with Crippen LogP contribution in [-0.2, 0) is 9.68 Å². The third kappa shape index (κ3) is 1.41. The van der Waals surface area contributed by atoms with E-state index in [9.17, 15) is 9.59 Å². The fraction of sp³-hybridized carbons (Fsp3) is 0. The lowest BCUT2D eigenvalue weighted by atomic mass is 10.6. The van der Waals surface area contributed by atoms with Crippen molar-refractivity contribution in [1.29, 1.82) is 0 Å². The molecule has 11 heavy (non-hydrogen) atoms. The SMILES string of the molecule is O=C(OO)C(=O)n1ccnc1. The molecule has 0 aliphatic rings. The molecular formula is C5H4N2O4. The maximum atomic E-state index is 10.7. The van der Waals surface area contributed by atoms with Gasteiger partial charge in [-0.2, -0.15) is 5.26 Å². The zero-order valence-corrected chi connectivity index (χ0v) is 5.30. The van der Waals surface area contributed by atoms with E-state index in [4.69, 9.17) is 5.26 Å². The Bertz CT molecular complexity index is 266. The van der Waals surface area contributed by atoms with E-state index < -0.39 is 11.9 Å². The normalized spacial score (nSPS) is 9.18. The molecule has 6 nitrogen and oxygen atoms in total. The third-order valence-corrected chi connectivity index (χ3v) is 0.996. The molecule has 0 saturated heterocycles. The summed E-state index contributed by atoms with van der Waals surface area (Å²) in [4.78, 5) is 27.8. The summed E-state index contributed by atoms with van der Waals surface area (Å²) in [7, 11) is 0. The van der Waals surface area contributed by atoms with Crippen molar-refractivity contribution in [3.8, 4) is 0 Å². The van der Waals surface area contributed by atoms with Crippen LogP contribution in [0.4, 0.5) is 0 Å². The molecule has 1 aromatic rings. The molecule has 58 valence electrons. The second kappa shape index (κ2) is 2.93. The third-order valence-electron chi connectivity index (χ3n) is 0.996. The van der Waals surface area contributed by atoms with Crippen LogP contribution in [0.25, 0.3) is 0 Å². The maximum absolute atomic E-state index is 10.7. The number of aromatic nitrogens is 2. The van der Waals surface area contributed by atoms with Crippen LogP contribution in [0.2, 0.25) is 0 Å². The van der Waals surface area contributed by atoms with Gasteiger partial charge in [-0.25, -0.2) is 9.78 Å². The molecule has 6 heteroatoms. The lowest BCUT2D eigenvalue weighted by molar-refractivity contribution is -0.228. The van der Waals surface area contributed by atoms with Crippen LogP contribution in [0.15, 0.2) is 18.7 Å². The van der Waals surface area contributed by atoms with E-state index in [2.05, 4.69) is 9.87 Å². The van der Waals surface area contributed by atoms with Crippen LogP contribution >= 0.6 is 0 Å². The Morgan fingerprint density at radius 1 is 1.55 bits per heavy atom. The van der Waals surface area contributed by atoms with Crippen molar-refractivity contribution >= 4 is 11.9 Å². The average molecular weight is 156 g/mol. The minimum atomic E-state index is -1.34. The second-order valence-corrected chi connectivity index (χ2v) is 1.65. The number of hydrogen-bond acceptors (Lipinski definition) is 5. The van der Waals surface area contributed by atoms with Crippen molar-refractivity contribution in [1.82, 2.24) is 9.55 Å². The molecule has 0 fully saturated rings. The Hall–Kier alpha value is -1.69. The summed E-state index contributed by atoms with van der Waals surface area (Å²) in [5.74, 6) is -2.34. The number of carbonyl (C=O) groups excluding carboxylic acids is 2. The zero-order chi connectivity index (χ0) is 8.27. The van der Waals surface area contributed by atoms with E-state index in [0.29, 0.717) is 0 Å². The van der Waals surface area contributed by atoms with E-state index in [1.165, 1.54) is 12.4 Å². The van der Waals surface area contributed by atoms with Gasteiger partial charge in [-0.1, -0.05) is 0 Å². The standard InChI is InChI=1S/C5H4N2O4/c8-4(5(9)11-10)7-2-1-6-3-7/h1-3,10H. The van der Waals surface area contributed by atoms with E-state index in [1.54, 1.807) is 0 Å². The number of carbonyl (C=O) groups is 2. The Kier molecular flexibility index (Phi) is 1.98. The Morgan fingerprint density at radius 2 is 2.27 bits per heavy atom. The summed E-state index contributed by atoms with van der Waals surface area (Å²) in [5, 5.41) is 7.80. The molecule has 0 radical (unpaired) electrons. The van der Waals surface area contributed by atoms with Crippen LogP contribution in [0, 0.1) is 0 Å². The van der Waals surface area contributed by atoms with E-state index in [-0.39, 0.29) is 0 Å². The number of rotatable bonds is 0. The van der Waals surface area contributed by atoms with Gasteiger partial charge in [0.2, 0.25) is 0 Å². The molecule has 0 aliphatic heterocycles. The molecule has 0 unspecified atom stereocenters. The van der Waals surface area contributed by atoms with Gasteiger partial charge >= 0.3 is 11.9 Å². The van der Waals surface area contributed by atoms with Gasteiger partial charge in [0.25, 0.3) is 0 Å². The van der Waals surface area contributed by atoms with Crippen LogP contribution in [-0.4, -0.2) is 26.7 Å². The molecule has 0 aliphatic carbocycles. The molecule has 0 bridgehead atoms. The molecule has 0 atom stereocenters. The summed E-state index contributed by atoms with van der Waals surface area (Å²) in [6.07, 6.45) is 3.71. The predicted octanol–water partition coefficient (Wildman–Crippen LogP) is -0.461. The maximum Gasteiger partial charge on any atom is 0.430 e. The van der Waals surface area contributed by atoms with Crippen LogP contribution in [0.3, 0.4) is 0 Å². The summed E-state index contributed by atoms with van der Waals surface area (Å²) in [6, 6.07) is 0. The van der Waals surface area contributed by atoms with Gasteiger partial charge in [-0.3, -0.25) is 14.2 Å². The van der Waals surface area contributed by atoms with Crippen molar-refractivity contribution in [3.63, 3.8) is 0 Å². The van der Waals surface area contributed by atoms with E-state index in [1.807, 2.05) is 0 Å². The van der Waals surface area contributed by atoms with Crippen molar-refractivity contribution in [2.45, 2.75) is 0 Å². The Balaban J connectivity index is 2.79. The summed E-state index contributed by atoms with van der Waals surface area (Å²) < 4.78 is 0.887. The lowest BCUT2D eigenvalue weighted by Crippen LogP contribution is -2.21. The van der Waals surface area contributed by atoms with Crippen molar-refractivity contribution in [2.24, 2.45) is 0 Å². The zero-order valence-electron chi connectivity index (χ0n) is 5.30. The highest BCUT2D eigenvalue weighted by Gasteiger charge is 2.16. The van der Waals surface area contributed by atoms with Gasteiger partial charge < -0.3 is 0 Å². The van der Waals surface area contributed by atoms with Crippen LogP contribution in [0.1, 0.15) is 4.79 Å². The fourth-order valence-corrected chi connectivity index (χ4v) is 0.524. The van der Waals surface area contributed by atoms with Crippen molar-refractivity contribution in [2.75, 3.05) is 0 Å². The first-order valence-corrected chi connectivity index (χ1v) is 2.63. The van der Waals surface area contributed by atoms with E-state index >= 15 is 0 Å². The highest BCUT2D eigenvalue weighted by Crippen LogP contribution is 1.87. The largest absolute Gasteiger partial charge is 0.430 e. The van der Waals surface area contributed by atoms with Gasteiger partial charge in [-0.15, -0.1) is 0 Å². The number of nitrogens with zero attached hydrogens (tertiary/aromatic N) is 2. The molecular weight excluding hydrogens is 152 g/mol. The molecule has 0 spiro atoms. The lowest BCUT2D eigenvalue weighted by Gasteiger charge is -1.93.